The molecule has 0 N–H and O–H groups in total. The molecule has 0 fully saturated rings. The minimum absolute atomic E-state index is 0.433. The van der Waals surface area contributed by atoms with Crippen LogP contribution in [0.1, 0.15) is 31.7 Å². The van der Waals surface area contributed by atoms with Crippen molar-refractivity contribution in [3.63, 3.8) is 0 Å². The summed E-state index contributed by atoms with van der Waals surface area (Å²) in [5.74, 6) is 0.768. The molecule has 0 amide bonds. The van der Waals surface area contributed by atoms with Crippen molar-refractivity contribution in [3.05, 3.63) is 61.2 Å². The Hall–Kier alpha value is -2.49. The first-order valence-corrected chi connectivity index (χ1v) is 8.14. The van der Waals surface area contributed by atoms with Gasteiger partial charge in [-0.25, -0.2) is 14.4 Å². The van der Waals surface area contributed by atoms with E-state index in [0.717, 1.165) is 35.3 Å². The first-order valence-electron chi connectivity index (χ1n) is 8.14. The number of aromatic nitrogens is 2. The number of unbranched alkanes of at least 4 members (excludes halogenated alkanes) is 1. The largest absolute Gasteiger partial charge is 0.489 e. The number of rotatable bonds is 9. The lowest BCUT2D eigenvalue weighted by Gasteiger charge is -2.11. The molecule has 24 heavy (non-hydrogen) atoms. The molecule has 0 radical (unpaired) electrons. The van der Waals surface area contributed by atoms with Crippen LogP contribution in [0.25, 0.3) is 17.2 Å². The third kappa shape index (κ3) is 5.61. The van der Waals surface area contributed by atoms with Crippen molar-refractivity contribution in [3.8, 4) is 16.9 Å². The van der Waals surface area contributed by atoms with E-state index in [1.165, 1.54) is 6.33 Å². The van der Waals surface area contributed by atoms with E-state index in [1.54, 1.807) is 25.4 Å². The van der Waals surface area contributed by atoms with E-state index in [4.69, 9.17) is 4.74 Å². The molecule has 0 aliphatic heterocycles. The van der Waals surface area contributed by atoms with Gasteiger partial charge in [-0.15, -0.1) is 0 Å². The predicted octanol–water partition coefficient (Wildman–Crippen LogP) is 5.25. The van der Waals surface area contributed by atoms with Crippen molar-refractivity contribution >= 4 is 6.08 Å². The molecule has 1 aromatic heterocycles. The smallest absolute Gasteiger partial charge is 0.128 e. The second-order valence-electron chi connectivity index (χ2n) is 5.60. The Labute approximate surface area is 142 Å². The number of halogens is 1. The average Bonchev–Trinajstić information content (AvgIpc) is 2.60. The molecule has 3 nitrogen and oxygen atoms in total. The normalized spacial score (nSPS) is 12.2. The highest BCUT2D eigenvalue weighted by Gasteiger charge is 2.07. The Kier molecular flexibility index (Phi) is 7.15. The molecule has 1 heterocycles. The number of nitrogens with zero attached hydrogens (tertiary/aromatic N) is 2. The van der Waals surface area contributed by atoms with Gasteiger partial charge in [0, 0.05) is 23.5 Å². The van der Waals surface area contributed by atoms with E-state index >= 15 is 0 Å². The number of hydrogen-bond donors (Lipinski definition) is 0. The minimum atomic E-state index is -0.732. The van der Waals surface area contributed by atoms with Crippen LogP contribution in [0.15, 0.2) is 55.7 Å². The van der Waals surface area contributed by atoms with Gasteiger partial charge in [0.1, 0.15) is 18.7 Å². The Morgan fingerprint density at radius 2 is 2.08 bits per heavy atom. The second-order valence-corrected chi connectivity index (χ2v) is 5.60. The molecular weight excluding hydrogens is 303 g/mol. The summed E-state index contributed by atoms with van der Waals surface area (Å²) in [5, 5.41) is 0. The zero-order valence-corrected chi connectivity index (χ0v) is 14.0. The highest BCUT2D eigenvalue weighted by molar-refractivity contribution is 5.71. The molecule has 0 saturated carbocycles. The molecular formula is C20H23FN2O. The van der Waals surface area contributed by atoms with Gasteiger partial charge >= 0.3 is 0 Å². The fourth-order valence-electron chi connectivity index (χ4n) is 2.32. The van der Waals surface area contributed by atoms with Gasteiger partial charge in [0.05, 0.1) is 6.17 Å². The van der Waals surface area contributed by atoms with Crippen molar-refractivity contribution in [2.45, 2.75) is 32.4 Å². The molecule has 1 unspecified atom stereocenters. The third-order valence-electron chi connectivity index (χ3n) is 3.52. The molecule has 4 heteroatoms. The lowest BCUT2D eigenvalue weighted by Crippen LogP contribution is -1.96. The van der Waals surface area contributed by atoms with Crippen LogP contribution >= 0.6 is 0 Å². The van der Waals surface area contributed by atoms with Crippen molar-refractivity contribution < 1.29 is 9.13 Å². The van der Waals surface area contributed by atoms with Crippen molar-refractivity contribution in [1.82, 2.24) is 9.97 Å². The number of allylic oxidation sites excluding steroid dienone is 1. The number of benzene rings is 1. The lowest BCUT2D eigenvalue weighted by molar-refractivity contribution is 0.335. The first kappa shape index (κ1) is 17.9. The molecule has 126 valence electrons. The van der Waals surface area contributed by atoms with Gasteiger partial charge in [-0.2, -0.15) is 0 Å². The van der Waals surface area contributed by atoms with Crippen molar-refractivity contribution in [2.24, 2.45) is 0 Å². The van der Waals surface area contributed by atoms with Crippen LogP contribution in [0.3, 0.4) is 0 Å². The van der Waals surface area contributed by atoms with Gasteiger partial charge in [-0.3, -0.25) is 0 Å². The quantitative estimate of drug-likeness (QED) is 0.466. The van der Waals surface area contributed by atoms with E-state index < -0.39 is 6.17 Å². The molecule has 2 aromatic rings. The number of hydrogen-bond acceptors (Lipinski definition) is 3. The molecule has 1 atom stereocenters. The number of ether oxygens (including phenoxy) is 1. The van der Waals surface area contributed by atoms with Crippen LogP contribution in [0.4, 0.5) is 4.39 Å². The average molecular weight is 326 g/mol. The Balaban J connectivity index is 2.14. The Morgan fingerprint density at radius 3 is 2.79 bits per heavy atom. The maximum Gasteiger partial charge on any atom is 0.128 e. The summed E-state index contributed by atoms with van der Waals surface area (Å²) in [5.41, 5.74) is 2.90. The monoisotopic (exact) mass is 326 g/mol. The Morgan fingerprint density at radius 1 is 1.29 bits per heavy atom. The first-order chi connectivity index (χ1) is 11.7. The van der Waals surface area contributed by atoms with Crippen LogP contribution in [-0.2, 0) is 0 Å². The SMILES string of the molecule is C=CCOc1cc(C=CCCCC(C)F)ccc1-c1cncnc1. The van der Waals surface area contributed by atoms with Crippen LogP contribution in [0, 0.1) is 0 Å². The predicted molar refractivity (Wildman–Crippen MR) is 96.6 cm³/mol. The summed E-state index contributed by atoms with van der Waals surface area (Å²) < 4.78 is 18.6. The summed E-state index contributed by atoms with van der Waals surface area (Å²) in [4.78, 5) is 8.12. The van der Waals surface area contributed by atoms with Gasteiger partial charge in [-0.05, 0) is 43.9 Å². The molecule has 1 aromatic carbocycles. The summed E-state index contributed by atoms with van der Waals surface area (Å²) in [7, 11) is 0. The van der Waals surface area contributed by atoms with Gasteiger partial charge < -0.3 is 4.74 Å². The highest BCUT2D eigenvalue weighted by Crippen LogP contribution is 2.30. The van der Waals surface area contributed by atoms with E-state index in [-0.39, 0.29) is 0 Å². The zero-order valence-electron chi connectivity index (χ0n) is 14.0. The molecule has 0 saturated heterocycles. The van der Waals surface area contributed by atoms with Crippen LogP contribution in [0.5, 0.6) is 5.75 Å². The van der Waals surface area contributed by atoms with Gasteiger partial charge in [0.15, 0.2) is 0 Å². The fourth-order valence-corrected chi connectivity index (χ4v) is 2.32. The third-order valence-corrected chi connectivity index (χ3v) is 3.52. The number of alkyl halides is 1. The van der Waals surface area contributed by atoms with Crippen molar-refractivity contribution in [1.29, 1.82) is 0 Å². The Bertz CT molecular complexity index is 669. The summed E-state index contributed by atoms with van der Waals surface area (Å²) in [6, 6.07) is 6.01. The van der Waals surface area contributed by atoms with Crippen LogP contribution in [0.2, 0.25) is 0 Å². The van der Waals surface area contributed by atoms with E-state index in [9.17, 15) is 4.39 Å². The van der Waals surface area contributed by atoms with E-state index in [1.807, 2.05) is 24.3 Å². The van der Waals surface area contributed by atoms with Gasteiger partial charge in [0.2, 0.25) is 0 Å². The van der Waals surface area contributed by atoms with Crippen molar-refractivity contribution in [2.75, 3.05) is 6.61 Å². The highest BCUT2D eigenvalue weighted by atomic mass is 19.1. The fraction of sp³-hybridized carbons (Fsp3) is 0.300. The molecule has 0 bridgehead atoms. The summed E-state index contributed by atoms with van der Waals surface area (Å²) in [6.45, 7) is 5.72. The molecule has 0 aliphatic rings. The summed E-state index contributed by atoms with van der Waals surface area (Å²) in [6.07, 6.45) is 12.4. The standard InChI is InChI=1S/C20H23FN2O/c1-3-11-24-20-12-17(8-6-4-5-7-16(2)21)9-10-19(20)18-13-22-15-23-14-18/h3,6,8-10,12-16H,1,4-5,7,11H2,2H3. The topological polar surface area (TPSA) is 35.0 Å². The second kappa shape index (κ2) is 9.60. The van der Waals surface area contributed by atoms with E-state index in [2.05, 4.69) is 22.6 Å². The summed E-state index contributed by atoms with van der Waals surface area (Å²) >= 11 is 0. The van der Waals surface area contributed by atoms with Gasteiger partial charge in [0.25, 0.3) is 0 Å². The minimum Gasteiger partial charge on any atom is -0.489 e. The van der Waals surface area contributed by atoms with E-state index in [0.29, 0.717) is 13.0 Å². The van der Waals surface area contributed by atoms with Crippen LogP contribution in [-0.4, -0.2) is 22.7 Å². The lowest BCUT2D eigenvalue weighted by atomic mass is 10.0. The molecule has 0 spiro atoms. The van der Waals surface area contributed by atoms with Gasteiger partial charge in [-0.1, -0.05) is 30.9 Å². The molecule has 0 aliphatic carbocycles. The van der Waals surface area contributed by atoms with Crippen LogP contribution < -0.4 is 4.74 Å². The molecule has 2 rings (SSSR count). The zero-order chi connectivity index (χ0) is 17.2. The maximum absolute atomic E-state index is 12.8. The maximum atomic E-state index is 12.8.